The Balaban J connectivity index is 2.88. The maximum atomic E-state index is 12.0. The van der Waals surface area contributed by atoms with Crippen molar-refractivity contribution >= 4 is 6.09 Å². The lowest BCUT2D eigenvalue weighted by atomic mass is 10.0. The molecule has 0 aliphatic heterocycles. The van der Waals surface area contributed by atoms with Crippen LogP contribution in [0.5, 0.6) is 5.75 Å². The van der Waals surface area contributed by atoms with E-state index in [1.54, 1.807) is 6.92 Å². The maximum Gasteiger partial charge on any atom is 0.408 e. The molecule has 22 heavy (non-hydrogen) atoms. The average molecular weight is 309 g/mol. The second-order valence-corrected chi connectivity index (χ2v) is 6.26. The zero-order chi connectivity index (χ0) is 16.8. The molecule has 0 aromatic heterocycles. The average Bonchev–Trinajstić information content (AvgIpc) is 2.43. The summed E-state index contributed by atoms with van der Waals surface area (Å²) < 4.78 is 11.0. The molecule has 1 rings (SSSR count). The molecule has 5 nitrogen and oxygen atoms in total. The third-order valence-corrected chi connectivity index (χ3v) is 2.98. The molecule has 1 aromatic carbocycles. The van der Waals surface area contributed by atoms with Gasteiger partial charge in [-0.1, -0.05) is 25.1 Å². The SMILES string of the molecule is CC[C@@H](NC(=O)OC(C)(C)C)c1ccccc1O[C@H](C)CO. The van der Waals surface area contributed by atoms with E-state index >= 15 is 0 Å². The fourth-order valence-corrected chi connectivity index (χ4v) is 1.98. The number of amides is 1. The van der Waals surface area contributed by atoms with E-state index in [0.717, 1.165) is 5.56 Å². The van der Waals surface area contributed by atoms with Gasteiger partial charge in [-0.15, -0.1) is 0 Å². The molecule has 0 aliphatic rings. The normalized spacial score (nSPS) is 14.1. The van der Waals surface area contributed by atoms with Crippen molar-refractivity contribution in [3.05, 3.63) is 29.8 Å². The lowest BCUT2D eigenvalue weighted by Crippen LogP contribution is -2.35. The van der Waals surface area contributed by atoms with E-state index in [1.165, 1.54) is 0 Å². The van der Waals surface area contributed by atoms with Gasteiger partial charge in [-0.05, 0) is 40.2 Å². The molecule has 0 saturated carbocycles. The van der Waals surface area contributed by atoms with Crippen molar-refractivity contribution in [3.8, 4) is 5.75 Å². The molecule has 2 atom stereocenters. The third-order valence-electron chi connectivity index (χ3n) is 2.98. The molecule has 0 bridgehead atoms. The molecule has 1 amide bonds. The van der Waals surface area contributed by atoms with Crippen molar-refractivity contribution in [3.63, 3.8) is 0 Å². The van der Waals surface area contributed by atoms with Gasteiger partial charge in [0.1, 0.15) is 17.5 Å². The van der Waals surface area contributed by atoms with Gasteiger partial charge < -0.3 is 19.9 Å². The molecule has 124 valence electrons. The molecule has 1 aromatic rings. The van der Waals surface area contributed by atoms with Crippen LogP contribution in [-0.2, 0) is 4.74 Å². The summed E-state index contributed by atoms with van der Waals surface area (Å²) in [5.74, 6) is 0.659. The van der Waals surface area contributed by atoms with Crippen molar-refractivity contribution < 1.29 is 19.4 Å². The van der Waals surface area contributed by atoms with Crippen LogP contribution in [0.25, 0.3) is 0 Å². The number of carbonyl (C=O) groups excluding carboxylic acids is 1. The second-order valence-electron chi connectivity index (χ2n) is 6.26. The number of hydrogen-bond donors (Lipinski definition) is 2. The Hall–Kier alpha value is -1.75. The first kappa shape index (κ1) is 18.3. The Kier molecular flexibility index (Phi) is 6.68. The molecule has 0 radical (unpaired) electrons. The number of rotatable bonds is 6. The second kappa shape index (κ2) is 8.03. The van der Waals surface area contributed by atoms with Crippen molar-refractivity contribution in [2.75, 3.05) is 6.61 Å². The van der Waals surface area contributed by atoms with E-state index in [4.69, 9.17) is 14.6 Å². The zero-order valence-electron chi connectivity index (χ0n) is 14.1. The fourth-order valence-electron chi connectivity index (χ4n) is 1.98. The van der Waals surface area contributed by atoms with E-state index in [1.807, 2.05) is 52.0 Å². The minimum absolute atomic E-state index is 0.0649. The summed E-state index contributed by atoms with van der Waals surface area (Å²) >= 11 is 0. The molecule has 0 unspecified atom stereocenters. The molecular formula is C17H27NO4. The van der Waals surface area contributed by atoms with Gasteiger partial charge in [-0.25, -0.2) is 4.79 Å². The number of aliphatic hydroxyl groups excluding tert-OH is 1. The lowest BCUT2D eigenvalue weighted by Gasteiger charge is -2.25. The summed E-state index contributed by atoms with van der Waals surface area (Å²) in [5, 5.41) is 12.0. The standard InChI is InChI=1S/C17H27NO4/c1-6-14(18-16(20)22-17(3,4)5)13-9-7-8-10-15(13)21-12(2)11-19/h7-10,12,14,19H,6,11H2,1-5H3,(H,18,20)/t12-,14-/m1/s1. The molecule has 0 saturated heterocycles. The minimum Gasteiger partial charge on any atom is -0.488 e. The molecule has 2 N–H and O–H groups in total. The number of hydrogen-bond acceptors (Lipinski definition) is 4. The summed E-state index contributed by atoms with van der Waals surface area (Å²) in [4.78, 5) is 12.0. The van der Waals surface area contributed by atoms with Gasteiger partial charge in [0.05, 0.1) is 12.6 Å². The molecule has 0 heterocycles. The Labute approximate surface area is 132 Å². The van der Waals surface area contributed by atoms with Gasteiger partial charge in [-0.2, -0.15) is 0 Å². The monoisotopic (exact) mass is 309 g/mol. The molecule has 0 fully saturated rings. The smallest absolute Gasteiger partial charge is 0.408 e. The van der Waals surface area contributed by atoms with Crippen LogP contribution in [-0.4, -0.2) is 29.5 Å². The molecule has 0 spiro atoms. The van der Waals surface area contributed by atoms with Crippen LogP contribution in [0.1, 0.15) is 52.6 Å². The number of ether oxygens (including phenoxy) is 2. The van der Waals surface area contributed by atoms with Crippen molar-refractivity contribution in [1.82, 2.24) is 5.32 Å². The van der Waals surface area contributed by atoms with Crippen LogP contribution in [0.2, 0.25) is 0 Å². The quantitative estimate of drug-likeness (QED) is 0.845. The number of aliphatic hydroxyl groups is 1. The van der Waals surface area contributed by atoms with Crippen molar-refractivity contribution in [2.24, 2.45) is 0 Å². The lowest BCUT2D eigenvalue weighted by molar-refractivity contribution is 0.0500. The minimum atomic E-state index is -0.538. The highest BCUT2D eigenvalue weighted by atomic mass is 16.6. The van der Waals surface area contributed by atoms with Gasteiger partial charge in [0, 0.05) is 5.56 Å². The van der Waals surface area contributed by atoms with Gasteiger partial charge in [-0.3, -0.25) is 0 Å². The number of benzene rings is 1. The number of carbonyl (C=O) groups is 1. The van der Waals surface area contributed by atoms with Crippen LogP contribution < -0.4 is 10.1 Å². The number of nitrogens with one attached hydrogen (secondary N) is 1. The number of para-hydroxylation sites is 1. The molecule has 0 aliphatic carbocycles. The van der Waals surface area contributed by atoms with E-state index in [2.05, 4.69) is 5.32 Å². The highest BCUT2D eigenvalue weighted by Crippen LogP contribution is 2.28. The first-order valence-corrected chi connectivity index (χ1v) is 7.62. The molecular weight excluding hydrogens is 282 g/mol. The van der Waals surface area contributed by atoms with E-state index in [-0.39, 0.29) is 18.8 Å². The van der Waals surface area contributed by atoms with E-state index < -0.39 is 11.7 Å². The molecule has 5 heteroatoms. The summed E-state index contributed by atoms with van der Waals surface area (Å²) in [6, 6.07) is 7.29. The maximum absolute atomic E-state index is 12.0. The van der Waals surface area contributed by atoms with Crippen LogP contribution >= 0.6 is 0 Å². The van der Waals surface area contributed by atoms with Gasteiger partial charge in [0.2, 0.25) is 0 Å². The van der Waals surface area contributed by atoms with Crippen LogP contribution in [0, 0.1) is 0 Å². The Bertz CT molecular complexity index is 482. The predicted molar refractivity (Wildman–Crippen MR) is 86.0 cm³/mol. The first-order valence-electron chi connectivity index (χ1n) is 7.62. The van der Waals surface area contributed by atoms with Crippen LogP contribution in [0.15, 0.2) is 24.3 Å². The van der Waals surface area contributed by atoms with Gasteiger partial charge in [0.15, 0.2) is 0 Å². The topological polar surface area (TPSA) is 67.8 Å². The summed E-state index contributed by atoms with van der Waals surface area (Å²) in [6.07, 6.45) is -0.0582. The van der Waals surface area contributed by atoms with E-state index in [0.29, 0.717) is 12.2 Å². The van der Waals surface area contributed by atoms with Crippen molar-refractivity contribution in [2.45, 2.75) is 58.8 Å². The summed E-state index contributed by atoms with van der Waals surface area (Å²) in [5.41, 5.74) is 0.334. The zero-order valence-corrected chi connectivity index (χ0v) is 14.1. The number of alkyl carbamates (subject to hydrolysis) is 1. The van der Waals surface area contributed by atoms with Crippen molar-refractivity contribution in [1.29, 1.82) is 0 Å². The Morgan fingerprint density at radius 3 is 2.50 bits per heavy atom. The van der Waals surface area contributed by atoms with Gasteiger partial charge in [0.25, 0.3) is 0 Å². The third kappa shape index (κ3) is 5.93. The van der Waals surface area contributed by atoms with Crippen LogP contribution in [0.4, 0.5) is 4.79 Å². The summed E-state index contributed by atoms with van der Waals surface area (Å²) in [7, 11) is 0. The highest BCUT2D eigenvalue weighted by Gasteiger charge is 2.22. The summed E-state index contributed by atoms with van der Waals surface area (Å²) in [6.45, 7) is 9.19. The fraction of sp³-hybridized carbons (Fsp3) is 0.588. The first-order chi connectivity index (χ1) is 10.3. The predicted octanol–water partition coefficient (Wildman–Crippen LogP) is 3.42. The van der Waals surface area contributed by atoms with E-state index in [9.17, 15) is 4.79 Å². The highest BCUT2D eigenvalue weighted by molar-refractivity contribution is 5.68. The van der Waals surface area contributed by atoms with Crippen LogP contribution in [0.3, 0.4) is 0 Å². The Morgan fingerprint density at radius 1 is 1.32 bits per heavy atom. The Morgan fingerprint density at radius 2 is 1.95 bits per heavy atom. The largest absolute Gasteiger partial charge is 0.488 e. The van der Waals surface area contributed by atoms with Gasteiger partial charge >= 0.3 is 6.09 Å².